The minimum absolute atomic E-state index is 0.237. The maximum Gasteiger partial charge on any atom is 0.230 e. The molecule has 1 amide bonds. The summed E-state index contributed by atoms with van der Waals surface area (Å²) in [5, 5.41) is 6.93. The number of amides is 1. The lowest BCUT2D eigenvalue weighted by molar-refractivity contribution is -0.138. The summed E-state index contributed by atoms with van der Waals surface area (Å²) >= 11 is 1.95. The molecule has 1 aromatic rings. The zero-order chi connectivity index (χ0) is 19.3. The average Bonchev–Trinajstić information content (AvgIpc) is 3.26. The highest BCUT2D eigenvalue weighted by molar-refractivity contribution is 8.01. The van der Waals surface area contributed by atoms with Crippen LogP contribution in [0.25, 0.3) is 0 Å². The van der Waals surface area contributed by atoms with Gasteiger partial charge in [0, 0.05) is 43.9 Å². The first-order valence-electron chi connectivity index (χ1n) is 9.89. The van der Waals surface area contributed by atoms with Gasteiger partial charge in [0.05, 0.1) is 5.41 Å². The third kappa shape index (κ3) is 4.98. The SMILES string of the molecule is CN=C(NCC1(Sc2ccccc2)CC1)NCC1(C(=O)N(C)C)CCCC1. The van der Waals surface area contributed by atoms with Gasteiger partial charge >= 0.3 is 0 Å². The predicted octanol–water partition coefficient (Wildman–Crippen LogP) is 3.12. The Hall–Kier alpha value is -1.69. The molecular weight excluding hydrogens is 356 g/mol. The number of carbonyl (C=O) groups excluding carboxylic acids is 1. The minimum atomic E-state index is -0.281. The standard InChI is InChI=1S/C21H32N4OS/c1-22-19(23-15-20(11-7-8-12-20)18(26)25(2)3)24-16-21(13-14-21)27-17-9-5-4-6-10-17/h4-6,9-10H,7-8,11-16H2,1-3H3,(H2,22,23,24). The van der Waals surface area contributed by atoms with E-state index in [0.717, 1.165) is 38.2 Å². The topological polar surface area (TPSA) is 56.7 Å². The van der Waals surface area contributed by atoms with Crippen molar-refractivity contribution in [3.05, 3.63) is 30.3 Å². The zero-order valence-corrected chi connectivity index (χ0v) is 17.6. The van der Waals surface area contributed by atoms with E-state index in [0.29, 0.717) is 6.54 Å². The molecule has 6 heteroatoms. The molecule has 0 heterocycles. The van der Waals surface area contributed by atoms with Gasteiger partial charge in [0.2, 0.25) is 5.91 Å². The molecule has 0 saturated heterocycles. The molecule has 3 rings (SSSR count). The Balaban J connectivity index is 1.53. The van der Waals surface area contributed by atoms with E-state index in [1.807, 2.05) is 25.9 Å². The van der Waals surface area contributed by atoms with Crippen LogP contribution in [0.5, 0.6) is 0 Å². The van der Waals surface area contributed by atoms with Gasteiger partial charge in [0.15, 0.2) is 5.96 Å². The zero-order valence-electron chi connectivity index (χ0n) is 16.8. The number of nitrogens with one attached hydrogen (secondary N) is 2. The lowest BCUT2D eigenvalue weighted by Crippen LogP contribution is -2.50. The Morgan fingerprint density at radius 3 is 2.26 bits per heavy atom. The lowest BCUT2D eigenvalue weighted by Gasteiger charge is -2.31. The van der Waals surface area contributed by atoms with Crippen LogP contribution in [-0.4, -0.2) is 55.7 Å². The van der Waals surface area contributed by atoms with Crippen LogP contribution in [0.1, 0.15) is 38.5 Å². The quantitative estimate of drug-likeness (QED) is 0.557. The van der Waals surface area contributed by atoms with Crippen LogP contribution in [0.4, 0.5) is 0 Å². The van der Waals surface area contributed by atoms with Gasteiger partial charge in [-0.1, -0.05) is 31.0 Å². The summed E-state index contributed by atoms with van der Waals surface area (Å²) in [6.45, 7) is 1.55. The number of benzene rings is 1. The molecule has 0 radical (unpaired) electrons. The fourth-order valence-electron chi connectivity index (χ4n) is 3.90. The normalized spacial score (nSPS) is 20.2. The second-order valence-corrected chi connectivity index (χ2v) is 9.61. The number of hydrogen-bond donors (Lipinski definition) is 2. The molecule has 5 nitrogen and oxygen atoms in total. The van der Waals surface area contributed by atoms with E-state index in [2.05, 4.69) is 46.0 Å². The maximum absolute atomic E-state index is 12.7. The van der Waals surface area contributed by atoms with E-state index in [4.69, 9.17) is 0 Å². The summed E-state index contributed by atoms with van der Waals surface area (Å²) in [5.41, 5.74) is -0.281. The van der Waals surface area contributed by atoms with Crippen LogP contribution >= 0.6 is 11.8 Å². The highest BCUT2D eigenvalue weighted by atomic mass is 32.2. The number of aliphatic imine (C=N–C) groups is 1. The molecule has 0 atom stereocenters. The van der Waals surface area contributed by atoms with Gasteiger partial charge in [-0.05, 0) is 37.8 Å². The van der Waals surface area contributed by atoms with E-state index in [1.54, 1.807) is 11.9 Å². The van der Waals surface area contributed by atoms with Gasteiger partial charge in [-0.15, -0.1) is 11.8 Å². The number of guanidine groups is 1. The summed E-state index contributed by atoms with van der Waals surface area (Å²) < 4.78 is 0.267. The van der Waals surface area contributed by atoms with E-state index < -0.39 is 0 Å². The van der Waals surface area contributed by atoms with E-state index in [9.17, 15) is 4.79 Å². The second-order valence-electron chi connectivity index (χ2n) is 8.06. The maximum atomic E-state index is 12.7. The number of thioether (sulfide) groups is 1. The lowest BCUT2D eigenvalue weighted by atomic mass is 9.84. The van der Waals surface area contributed by atoms with Crippen LogP contribution in [0, 0.1) is 5.41 Å². The average molecular weight is 389 g/mol. The van der Waals surface area contributed by atoms with Gasteiger partial charge in [0.1, 0.15) is 0 Å². The van der Waals surface area contributed by atoms with Gasteiger partial charge in [-0.2, -0.15) is 0 Å². The highest BCUT2D eigenvalue weighted by Crippen LogP contribution is 2.51. The summed E-state index contributed by atoms with van der Waals surface area (Å²) in [5.74, 6) is 1.04. The van der Waals surface area contributed by atoms with Crippen LogP contribution in [0.15, 0.2) is 40.2 Å². The molecule has 2 saturated carbocycles. The largest absolute Gasteiger partial charge is 0.355 e. The molecule has 2 fully saturated rings. The van der Waals surface area contributed by atoms with Crippen LogP contribution < -0.4 is 10.6 Å². The molecule has 27 heavy (non-hydrogen) atoms. The van der Waals surface area contributed by atoms with Gasteiger partial charge < -0.3 is 15.5 Å². The van der Waals surface area contributed by atoms with Crippen LogP contribution in [0.2, 0.25) is 0 Å². The minimum Gasteiger partial charge on any atom is -0.355 e. The van der Waals surface area contributed by atoms with Crippen LogP contribution in [-0.2, 0) is 4.79 Å². The number of rotatable bonds is 7. The first-order chi connectivity index (χ1) is 13.0. The van der Waals surface area contributed by atoms with Crippen molar-refractivity contribution in [2.75, 3.05) is 34.2 Å². The first kappa shape index (κ1) is 20.1. The molecule has 0 aromatic heterocycles. The van der Waals surface area contributed by atoms with E-state index in [1.165, 1.54) is 17.7 Å². The number of hydrogen-bond acceptors (Lipinski definition) is 3. The predicted molar refractivity (Wildman–Crippen MR) is 113 cm³/mol. The molecular formula is C21H32N4OS. The third-order valence-corrected chi connectivity index (χ3v) is 7.20. The molecule has 0 aliphatic heterocycles. The Labute approximate surface area is 167 Å². The van der Waals surface area contributed by atoms with Crippen molar-refractivity contribution >= 4 is 23.6 Å². The highest BCUT2D eigenvalue weighted by Gasteiger charge is 2.44. The molecule has 0 bridgehead atoms. The molecule has 2 aliphatic rings. The molecule has 2 N–H and O–H groups in total. The van der Waals surface area contributed by atoms with E-state index in [-0.39, 0.29) is 16.1 Å². The summed E-state index contributed by atoms with van der Waals surface area (Å²) in [6.07, 6.45) is 6.62. The monoisotopic (exact) mass is 388 g/mol. The van der Waals surface area contributed by atoms with Crippen molar-refractivity contribution in [2.24, 2.45) is 10.4 Å². The Bertz CT molecular complexity index is 664. The van der Waals surface area contributed by atoms with Crippen molar-refractivity contribution in [3.8, 4) is 0 Å². The summed E-state index contributed by atoms with van der Waals surface area (Å²) in [4.78, 5) is 20.2. The summed E-state index contributed by atoms with van der Waals surface area (Å²) in [6, 6.07) is 10.6. The fourth-order valence-corrected chi connectivity index (χ4v) is 5.15. The Morgan fingerprint density at radius 1 is 1.07 bits per heavy atom. The van der Waals surface area contributed by atoms with Gasteiger partial charge in [-0.25, -0.2) is 0 Å². The van der Waals surface area contributed by atoms with Crippen molar-refractivity contribution in [2.45, 2.75) is 48.2 Å². The molecule has 0 spiro atoms. The van der Waals surface area contributed by atoms with Gasteiger partial charge in [0.25, 0.3) is 0 Å². The number of carbonyl (C=O) groups is 1. The van der Waals surface area contributed by atoms with Crippen molar-refractivity contribution in [1.29, 1.82) is 0 Å². The molecule has 148 valence electrons. The fraction of sp³-hybridized carbons (Fsp3) is 0.619. The van der Waals surface area contributed by atoms with Gasteiger partial charge in [-0.3, -0.25) is 9.79 Å². The molecule has 1 aromatic carbocycles. The third-order valence-electron chi connectivity index (χ3n) is 5.70. The van der Waals surface area contributed by atoms with Crippen molar-refractivity contribution in [3.63, 3.8) is 0 Å². The smallest absolute Gasteiger partial charge is 0.230 e. The first-order valence-corrected chi connectivity index (χ1v) is 10.7. The second kappa shape index (κ2) is 8.55. The van der Waals surface area contributed by atoms with E-state index >= 15 is 0 Å². The van der Waals surface area contributed by atoms with Crippen molar-refractivity contribution < 1.29 is 4.79 Å². The number of nitrogens with zero attached hydrogens (tertiary/aromatic N) is 2. The molecule has 0 unspecified atom stereocenters. The van der Waals surface area contributed by atoms with Crippen LogP contribution in [0.3, 0.4) is 0 Å². The molecule has 2 aliphatic carbocycles. The summed E-state index contributed by atoms with van der Waals surface area (Å²) in [7, 11) is 5.51. The van der Waals surface area contributed by atoms with Crippen molar-refractivity contribution in [1.82, 2.24) is 15.5 Å². The Morgan fingerprint density at radius 2 is 1.70 bits per heavy atom. The Kier molecular flexibility index (Phi) is 6.35.